The fraction of sp³-hybridized carbons (Fsp3) is 0.611. The molecule has 0 fully saturated rings. The highest BCUT2D eigenvalue weighted by atomic mass is 79.9. The van der Waals surface area contributed by atoms with Crippen molar-refractivity contribution >= 4 is 22.0 Å². The Morgan fingerprint density at radius 3 is 2.48 bits per heavy atom. The lowest BCUT2D eigenvalue weighted by Crippen LogP contribution is -2.37. The van der Waals surface area contributed by atoms with Crippen molar-refractivity contribution in [3.05, 3.63) is 28.2 Å². The third kappa shape index (κ3) is 6.81. The molecule has 130 valence electrons. The number of amides is 1. The summed E-state index contributed by atoms with van der Waals surface area (Å²) in [5.74, 6) is 0.784. The Morgan fingerprint density at radius 2 is 1.96 bits per heavy atom. The zero-order valence-electron chi connectivity index (χ0n) is 15.0. The Labute approximate surface area is 148 Å². The van der Waals surface area contributed by atoms with Crippen LogP contribution in [0.3, 0.4) is 0 Å². The van der Waals surface area contributed by atoms with Crippen LogP contribution in [-0.2, 0) is 11.3 Å². The van der Waals surface area contributed by atoms with E-state index in [1.807, 2.05) is 59.7 Å². The van der Waals surface area contributed by atoms with E-state index in [9.17, 15) is 4.79 Å². The first-order valence-electron chi connectivity index (χ1n) is 8.06. The molecule has 0 bridgehead atoms. The standard InChI is InChI=1S/C18H28BrNO3/c1-7-11-20(17(21)23-18(4,5)6)12-14-9-8-10-15(19)16(14)22-13(2)3/h8-10,13H,7,11-12H2,1-6H3. The molecule has 0 aromatic heterocycles. The van der Waals surface area contributed by atoms with Crippen molar-refractivity contribution in [2.45, 2.75) is 66.2 Å². The maximum absolute atomic E-state index is 12.4. The van der Waals surface area contributed by atoms with Gasteiger partial charge >= 0.3 is 6.09 Å². The van der Waals surface area contributed by atoms with E-state index in [2.05, 4.69) is 15.9 Å². The predicted octanol–water partition coefficient (Wildman–Crippen LogP) is 5.38. The van der Waals surface area contributed by atoms with Gasteiger partial charge < -0.3 is 14.4 Å². The summed E-state index contributed by atoms with van der Waals surface area (Å²) in [5, 5.41) is 0. The van der Waals surface area contributed by atoms with Gasteiger partial charge in [-0.2, -0.15) is 0 Å². The summed E-state index contributed by atoms with van der Waals surface area (Å²) in [6.45, 7) is 12.8. The van der Waals surface area contributed by atoms with Gasteiger partial charge in [-0.15, -0.1) is 0 Å². The Bertz CT molecular complexity index is 523. The van der Waals surface area contributed by atoms with Gasteiger partial charge in [-0.05, 0) is 63.0 Å². The van der Waals surface area contributed by atoms with Crippen LogP contribution in [0.25, 0.3) is 0 Å². The second-order valence-corrected chi connectivity index (χ2v) is 7.65. The van der Waals surface area contributed by atoms with Crippen LogP contribution in [0.15, 0.2) is 22.7 Å². The van der Waals surface area contributed by atoms with Gasteiger partial charge in [0.15, 0.2) is 0 Å². The molecule has 0 aliphatic carbocycles. The van der Waals surface area contributed by atoms with E-state index in [-0.39, 0.29) is 12.2 Å². The molecule has 1 aromatic carbocycles. The molecule has 0 radical (unpaired) electrons. The molecular weight excluding hydrogens is 358 g/mol. The molecule has 1 aromatic rings. The van der Waals surface area contributed by atoms with E-state index < -0.39 is 5.60 Å². The first-order valence-corrected chi connectivity index (χ1v) is 8.85. The van der Waals surface area contributed by atoms with Crippen molar-refractivity contribution in [3.63, 3.8) is 0 Å². The number of rotatable bonds is 6. The van der Waals surface area contributed by atoms with Gasteiger partial charge in [0.05, 0.1) is 17.1 Å². The van der Waals surface area contributed by atoms with Gasteiger partial charge in [-0.1, -0.05) is 19.1 Å². The molecule has 0 saturated heterocycles. The van der Waals surface area contributed by atoms with E-state index in [0.717, 1.165) is 22.2 Å². The third-order valence-corrected chi connectivity index (χ3v) is 3.53. The fourth-order valence-electron chi connectivity index (χ4n) is 2.08. The molecular formula is C18H28BrNO3. The summed E-state index contributed by atoms with van der Waals surface area (Å²) < 4.78 is 12.3. The number of halogens is 1. The average molecular weight is 386 g/mol. The minimum Gasteiger partial charge on any atom is -0.489 e. The Balaban J connectivity index is 3.00. The number of carbonyl (C=O) groups excluding carboxylic acids is 1. The van der Waals surface area contributed by atoms with Crippen LogP contribution in [0.1, 0.15) is 53.5 Å². The number of benzene rings is 1. The number of para-hydroxylation sites is 1. The lowest BCUT2D eigenvalue weighted by Gasteiger charge is -2.28. The lowest BCUT2D eigenvalue weighted by molar-refractivity contribution is 0.0232. The predicted molar refractivity (Wildman–Crippen MR) is 96.8 cm³/mol. The average Bonchev–Trinajstić information content (AvgIpc) is 2.39. The van der Waals surface area contributed by atoms with Crippen LogP contribution >= 0.6 is 15.9 Å². The molecule has 0 saturated carbocycles. The molecule has 0 N–H and O–H groups in total. The normalized spacial score (nSPS) is 11.5. The largest absolute Gasteiger partial charge is 0.489 e. The van der Waals surface area contributed by atoms with Gasteiger partial charge in [0.2, 0.25) is 0 Å². The van der Waals surface area contributed by atoms with Crippen molar-refractivity contribution in [3.8, 4) is 5.75 Å². The Kier molecular flexibility index (Phi) is 7.39. The summed E-state index contributed by atoms with van der Waals surface area (Å²) >= 11 is 3.53. The maximum Gasteiger partial charge on any atom is 0.410 e. The maximum atomic E-state index is 12.4. The molecule has 0 heterocycles. The molecule has 23 heavy (non-hydrogen) atoms. The van der Waals surface area contributed by atoms with Crippen LogP contribution in [0.2, 0.25) is 0 Å². The number of ether oxygens (including phenoxy) is 2. The smallest absolute Gasteiger partial charge is 0.410 e. The number of carbonyl (C=O) groups is 1. The SMILES string of the molecule is CCCN(Cc1cccc(Br)c1OC(C)C)C(=O)OC(C)(C)C. The molecule has 0 aliphatic rings. The quantitative estimate of drug-likeness (QED) is 0.659. The third-order valence-electron chi connectivity index (χ3n) is 2.91. The minimum atomic E-state index is -0.502. The van der Waals surface area contributed by atoms with Crippen LogP contribution in [0.5, 0.6) is 5.75 Å². The molecule has 0 atom stereocenters. The van der Waals surface area contributed by atoms with E-state index >= 15 is 0 Å². The second-order valence-electron chi connectivity index (χ2n) is 6.80. The van der Waals surface area contributed by atoms with Crippen molar-refractivity contribution in [1.82, 2.24) is 4.90 Å². The molecule has 1 amide bonds. The molecule has 0 spiro atoms. The van der Waals surface area contributed by atoms with Gasteiger partial charge in [-0.25, -0.2) is 4.79 Å². The molecule has 5 heteroatoms. The van der Waals surface area contributed by atoms with Crippen molar-refractivity contribution in [1.29, 1.82) is 0 Å². The van der Waals surface area contributed by atoms with Crippen LogP contribution < -0.4 is 4.74 Å². The molecule has 4 nitrogen and oxygen atoms in total. The number of hydrogen-bond donors (Lipinski definition) is 0. The zero-order valence-corrected chi connectivity index (χ0v) is 16.6. The van der Waals surface area contributed by atoms with Crippen molar-refractivity contribution in [2.75, 3.05) is 6.54 Å². The summed E-state index contributed by atoms with van der Waals surface area (Å²) in [7, 11) is 0. The summed E-state index contributed by atoms with van der Waals surface area (Å²) in [5.41, 5.74) is 0.463. The first kappa shape index (κ1) is 19.8. The summed E-state index contributed by atoms with van der Waals surface area (Å²) in [4.78, 5) is 14.1. The summed E-state index contributed by atoms with van der Waals surface area (Å²) in [6, 6.07) is 5.88. The highest BCUT2D eigenvalue weighted by molar-refractivity contribution is 9.10. The van der Waals surface area contributed by atoms with E-state index in [0.29, 0.717) is 13.1 Å². The Hall–Kier alpha value is -1.23. The van der Waals surface area contributed by atoms with Crippen LogP contribution in [0.4, 0.5) is 4.79 Å². The second kappa shape index (κ2) is 8.57. The highest BCUT2D eigenvalue weighted by Gasteiger charge is 2.23. The zero-order chi connectivity index (χ0) is 17.6. The number of nitrogens with zero attached hydrogens (tertiary/aromatic N) is 1. The first-order chi connectivity index (χ1) is 10.6. The van der Waals surface area contributed by atoms with Crippen molar-refractivity contribution in [2.24, 2.45) is 0 Å². The monoisotopic (exact) mass is 385 g/mol. The fourth-order valence-corrected chi connectivity index (χ4v) is 2.58. The highest BCUT2D eigenvalue weighted by Crippen LogP contribution is 2.31. The number of hydrogen-bond acceptors (Lipinski definition) is 3. The van der Waals surface area contributed by atoms with E-state index in [1.165, 1.54) is 0 Å². The topological polar surface area (TPSA) is 38.8 Å². The van der Waals surface area contributed by atoms with Crippen LogP contribution in [-0.4, -0.2) is 29.2 Å². The molecule has 1 rings (SSSR count). The van der Waals surface area contributed by atoms with Gasteiger partial charge in [0, 0.05) is 12.1 Å². The van der Waals surface area contributed by atoms with Crippen LogP contribution in [0, 0.1) is 0 Å². The van der Waals surface area contributed by atoms with E-state index in [4.69, 9.17) is 9.47 Å². The molecule has 0 unspecified atom stereocenters. The van der Waals surface area contributed by atoms with Gasteiger partial charge in [0.1, 0.15) is 11.4 Å². The van der Waals surface area contributed by atoms with Gasteiger partial charge in [0.25, 0.3) is 0 Å². The Morgan fingerprint density at radius 1 is 1.30 bits per heavy atom. The van der Waals surface area contributed by atoms with E-state index in [1.54, 1.807) is 4.90 Å². The summed E-state index contributed by atoms with van der Waals surface area (Å²) in [6.07, 6.45) is 0.636. The lowest BCUT2D eigenvalue weighted by atomic mass is 10.1. The van der Waals surface area contributed by atoms with Crippen molar-refractivity contribution < 1.29 is 14.3 Å². The molecule has 0 aliphatic heterocycles. The van der Waals surface area contributed by atoms with Gasteiger partial charge in [-0.3, -0.25) is 0 Å². The minimum absolute atomic E-state index is 0.0635.